The first-order valence-electron chi connectivity index (χ1n) is 9.47. The molecule has 0 amide bonds. The molecular weight excluding hydrogens is 417 g/mol. The van der Waals surface area contributed by atoms with Crippen molar-refractivity contribution in [2.24, 2.45) is 0 Å². The smallest absolute Gasteiger partial charge is 0.241 e. The quantitative estimate of drug-likeness (QED) is 0.667. The van der Waals surface area contributed by atoms with Crippen LogP contribution in [0.4, 0.5) is 4.39 Å². The Morgan fingerprint density at radius 1 is 1.00 bits per heavy atom. The van der Waals surface area contributed by atoms with Crippen LogP contribution in [0.15, 0.2) is 57.2 Å². The number of sulfone groups is 1. The van der Waals surface area contributed by atoms with Crippen LogP contribution in [-0.4, -0.2) is 36.1 Å². The normalized spacial score (nSPS) is 16.1. The second kappa shape index (κ2) is 8.91. The highest BCUT2D eigenvalue weighted by atomic mass is 32.2. The fourth-order valence-corrected chi connectivity index (χ4v) is 6.24. The Hall–Kier alpha value is -1.81. The van der Waals surface area contributed by atoms with Crippen LogP contribution >= 0.6 is 0 Å². The monoisotopic (exact) mass is 441 g/mol. The lowest BCUT2D eigenvalue weighted by Crippen LogP contribution is -2.39. The van der Waals surface area contributed by atoms with Gasteiger partial charge in [0.25, 0.3) is 0 Å². The number of hydrogen-bond donors (Lipinski definition) is 1. The predicted molar refractivity (Wildman–Crippen MR) is 106 cm³/mol. The zero-order chi connectivity index (χ0) is 21.1. The second-order valence-corrected chi connectivity index (χ2v) is 10.6. The lowest BCUT2D eigenvalue weighted by Gasteiger charge is -2.23. The highest BCUT2D eigenvalue weighted by Gasteiger charge is 2.27. The molecule has 0 radical (unpaired) electrons. The summed E-state index contributed by atoms with van der Waals surface area (Å²) in [6.07, 6.45) is 2.34. The van der Waals surface area contributed by atoms with E-state index >= 15 is 0 Å². The molecule has 1 heterocycles. The van der Waals surface area contributed by atoms with Crippen molar-refractivity contribution in [1.29, 1.82) is 0 Å². The molecule has 1 aliphatic heterocycles. The number of rotatable bonds is 7. The molecule has 1 N–H and O–H groups in total. The fraction of sp³-hybridized carbons (Fsp3) is 0.400. The van der Waals surface area contributed by atoms with Crippen LogP contribution in [0.1, 0.15) is 31.7 Å². The van der Waals surface area contributed by atoms with Crippen LogP contribution in [0.2, 0.25) is 0 Å². The van der Waals surface area contributed by atoms with E-state index in [0.717, 1.165) is 12.1 Å². The summed E-state index contributed by atoms with van der Waals surface area (Å²) in [5.41, 5.74) is 0.560. The maximum atomic E-state index is 13.2. The van der Waals surface area contributed by atoms with Gasteiger partial charge < -0.3 is 4.74 Å². The number of halogens is 1. The number of sulfonamides is 1. The first-order valence-corrected chi connectivity index (χ1v) is 12.4. The van der Waals surface area contributed by atoms with Gasteiger partial charge in [-0.15, -0.1) is 0 Å². The van der Waals surface area contributed by atoms with Crippen molar-refractivity contribution in [3.8, 4) is 0 Å². The average molecular weight is 442 g/mol. The van der Waals surface area contributed by atoms with E-state index in [-0.39, 0.29) is 20.7 Å². The summed E-state index contributed by atoms with van der Waals surface area (Å²) in [7, 11) is -7.90. The van der Waals surface area contributed by atoms with Gasteiger partial charge in [-0.3, -0.25) is 0 Å². The molecule has 158 valence electrons. The van der Waals surface area contributed by atoms with Crippen molar-refractivity contribution in [2.45, 2.75) is 53.3 Å². The van der Waals surface area contributed by atoms with Crippen LogP contribution in [-0.2, 0) is 31.0 Å². The lowest BCUT2D eigenvalue weighted by atomic mass is 10.1. The SMILES string of the molecule is CCCc1ccc(S(=O)(=O)c2ccc(F)cc2)cc1S(=O)(=O)NC1CCOCC1. The Labute approximate surface area is 171 Å². The Morgan fingerprint density at radius 2 is 1.62 bits per heavy atom. The number of aryl methyl sites for hydroxylation is 1. The highest BCUT2D eigenvalue weighted by Crippen LogP contribution is 2.27. The van der Waals surface area contributed by atoms with Gasteiger partial charge >= 0.3 is 0 Å². The molecule has 3 rings (SSSR count). The fourth-order valence-electron chi connectivity index (χ4n) is 3.28. The summed E-state index contributed by atoms with van der Waals surface area (Å²) in [5.74, 6) is -0.550. The van der Waals surface area contributed by atoms with Gasteiger partial charge in [-0.25, -0.2) is 25.9 Å². The topological polar surface area (TPSA) is 89.5 Å². The molecule has 0 saturated carbocycles. The number of benzene rings is 2. The van der Waals surface area contributed by atoms with Crippen molar-refractivity contribution in [3.05, 3.63) is 53.8 Å². The highest BCUT2D eigenvalue weighted by molar-refractivity contribution is 7.91. The van der Waals surface area contributed by atoms with Gasteiger partial charge in [0, 0.05) is 19.3 Å². The minimum atomic E-state index is -3.98. The molecule has 1 fully saturated rings. The molecular formula is C20H24FNO5S2. The maximum absolute atomic E-state index is 13.2. The van der Waals surface area contributed by atoms with Crippen LogP contribution in [0.3, 0.4) is 0 Å². The van der Waals surface area contributed by atoms with Crippen LogP contribution in [0.25, 0.3) is 0 Å². The molecule has 2 aromatic rings. The Kier molecular flexibility index (Phi) is 6.72. The summed E-state index contributed by atoms with van der Waals surface area (Å²) < 4.78 is 73.1. The third-order valence-electron chi connectivity index (χ3n) is 4.82. The standard InChI is InChI=1S/C20H24FNO5S2/c1-2-3-15-4-7-19(28(23,24)18-8-5-16(21)6-9-18)14-20(15)29(25,26)22-17-10-12-27-13-11-17/h4-9,14,17,22H,2-3,10-13H2,1H3. The van der Waals surface area contributed by atoms with E-state index in [2.05, 4.69) is 4.72 Å². The molecule has 0 atom stereocenters. The molecule has 1 aliphatic rings. The minimum Gasteiger partial charge on any atom is -0.381 e. The number of nitrogens with one attached hydrogen (secondary N) is 1. The van der Waals surface area contributed by atoms with E-state index in [1.54, 1.807) is 6.07 Å². The van der Waals surface area contributed by atoms with E-state index in [1.165, 1.54) is 24.3 Å². The molecule has 0 bridgehead atoms. The van der Waals surface area contributed by atoms with E-state index in [1.807, 2.05) is 6.92 Å². The first kappa shape index (κ1) is 21.9. The van der Waals surface area contributed by atoms with Gasteiger partial charge in [-0.2, -0.15) is 0 Å². The Morgan fingerprint density at radius 3 is 2.24 bits per heavy atom. The largest absolute Gasteiger partial charge is 0.381 e. The summed E-state index contributed by atoms with van der Waals surface area (Å²) in [6.45, 7) is 2.88. The van der Waals surface area contributed by atoms with Crippen LogP contribution in [0, 0.1) is 5.82 Å². The van der Waals surface area contributed by atoms with Crippen molar-refractivity contribution < 1.29 is 26.0 Å². The third kappa shape index (κ3) is 5.03. The molecule has 0 aliphatic carbocycles. The first-order chi connectivity index (χ1) is 13.7. The molecule has 2 aromatic carbocycles. The molecule has 0 aromatic heterocycles. The minimum absolute atomic E-state index is 0.0333. The molecule has 29 heavy (non-hydrogen) atoms. The second-order valence-electron chi connectivity index (χ2n) is 6.98. The van der Waals surface area contributed by atoms with E-state index in [0.29, 0.717) is 44.5 Å². The van der Waals surface area contributed by atoms with Gasteiger partial charge in [-0.1, -0.05) is 19.4 Å². The Bertz CT molecular complexity index is 1060. The summed E-state index contributed by atoms with van der Waals surface area (Å²) in [5, 5.41) is 0. The predicted octanol–water partition coefficient (Wildman–Crippen LogP) is 3.07. The lowest BCUT2D eigenvalue weighted by molar-refractivity contribution is 0.0832. The third-order valence-corrected chi connectivity index (χ3v) is 8.19. The zero-order valence-electron chi connectivity index (χ0n) is 16.1. The van der Waals surface area contributed by atoms with E-state index < -0.39 is 25.7 Å². The van der Waals surface area contributed by atoms with Gasteiger partial charge in [0.2, 0.25) is 19.9 Å². The van der Waals surface area contributed by atoms with Gasteiger partial charge in [0.1, 0.15) is 5.82 Å². The van der Waals surface area contributed by atoms with Crippen LogP contribution in [0.5, 0.6) is 0 Å². The average Bonchev–Trinajstić information content (AvgIpc) is 2.69. The molecule has 0 spiro atoms. The summed E-state index contributed by atoms with van der Waals surface area (Å²) >= 11 is 0. The van der Waals surface area contributed by atoms with Crippen molar-refractivity contribution in [1.82, 2.24) is 4.72 Å². The maximum Gasteiger partial charge on any atom is 0.241 e. The van der Waals surface area contributed by atoms with Gasteiger partial charge in [0.05, 0.1) is 14.7 Å². The molecule has 9 heteroatoms. The number of ether oxygens (including phenoxy) is 1. The van der Waals surface area contributed by atoms with Gasteiger partial charge in [0.15, 0.2) is 0 Å². The summed E-state index contributed by atoms with van der Waals surface area (Å²) in [4.78, 5) is -0.270. The van der Waals surface area contributed by atoms with Crippen molar-refractivity contribution in [3.63, 3.8) is 0 Å². The van der Waals surface area contributed by atoms with E-state index in [9.17, 15) is 21.2 Å². The van der Waals surface area contributed by atoms with Crippen molar-refractivity contribution in [2.75, 3.05) is 13.2 Å². The Balaban J connectivity index is 2.02. The molecule has 1 saturated heterocycles. The van der Waals surface area contributed by atoms with Crippen LogP contribution < -0.4 is 4.72 Å². The van der Waals surface area contributed by atoms with Crippen molar-refractivity contribution >= 4 is 19.9 Å². The summed E-state index contributed by atoms with van der Waals surface area (Å²) in [6, 6.07) is 8.34. The number of hydrogen-bond acceptors (Lipinski definition) is 5. The molecule has 0 unspecified atom stereocenters. The molecule has 6 nitrogen and oxygen atoms in total. The van der Waals surface area contributed by atoms with Gasteiger partial charge in [-0.05, 0) is 61.2 Å². The van der Waals surface area contributed by atoms with E-state index in [4.69, 9.17) is 4.74 Å². The zero-order valence-corrected chi connectivity index (χ0v) is 17.7.